The van der Waals surface area contributed by atoms with Gasteiger partial charge in [0.2, 0.25) is 0 Å². The lowest BCUT2D eigenvalue weighted by molar-refractivity contribution is -0.163. The molecule has 370 valence electrons. The van der Waals surface area contributed by atoms with Gasteiger partial charge in [0.05, 0.1) is 6.61 Å². The average Bonchev–Trinajstić information content (AvgIpc) is 3.30. The Morgan fingerprint density at radius 1 is 0.359 bits per heavy atom. The molecule has 1 unspecified atom stereocenters. The molecule has 0 rings (SSSR count). The molecule has 0 N–H and O–H groups in total. The molecule has 0 bridgehead atoms. The molecule has 0 amide bonds. The van der Waals surface area contributed by atoms with Gasteiger partial charge in [-0.25, -0.2) is 0 Å². The maximum Gasteiger partial charge on any atom is 0.306 e. The van der Waals surface area contributed by atoms with Gasteiger partial charge >= 0.3 is 11.9 Å². The average molecular weight is 893 g/mol. The van der Waals surface area contributed by atoms with E-state index in [9.17, 15) is 9.59 Å². The van der Waals surface area contributed by atoms with E-state index in [0.717, 1.165) is 89.9 Å². The van der Waals surface area contributed by atoms with Crippen molar-refractivity contribution in [1.29, 1.82) is 0 Å². The van der Waals surface area contributed by atoms with Crippen LogP contribution in [0.5, 0.6) is 0 Å². The van der Waals surface area contributed by atoms with Gasteiger partial charge in [-0.3, -0.25) is 9.59 Å². The summed E-state index contributed by atoms with van der Waals surface area (Å²) in [5.41, 5.74) is 0. The number of rotatable bonds is 50. The number of esters is 2. The van der Waals surface area contributed by atoms with Crippen molar-refractivity contribution in [3.05, 3.63) is 72.9 Å². The highest BCUT2D eigenvalue weighted by Gasteiger charge is 2.17. The molecular weight excluding hydrogens is 789 g/mol. The van der Waals surface area contributed by atoms with Crippen molar-refractivity contribution >= 4 is 11.9 Å². The predicted octanol–water partition coefficient (Wildman–Crippen LogP) is 18.7. The summed E-state index contributed by atoms with van der Waals surface area (Å²) in [4.78, 5) is 25.5. The Kier molecular flexibility index (Phi) is 52.4. The first-order valence-electron chi connectivity index (χ1n) is 27.5. The first-order chi connectivity index (χ1) is 31.6. The summed E-state index contributed by atoms with van der Waals surface area (Å²) >= 11 is 0. The van der Waals surface area contributed by atoms with Crippen LogP contribution < -0.4 is 0 Å². The van der Waals surface area contributed by atoms with Gasteiger partial charge in [0.1, 0.15) is 6.61 Å². The number of ether oxygens (including phenoxy) is 3. The van der Waals surface area contributed by atoms with Gasteiger partial charge in [-0.1, -0.05) is 235 Å². The summed E-state index contributed by atoms with van der Waals surface area (Å²) in [6.07, 6.45) is 70.5. The predicted molar refractivity (Wildman–Crippen MR) is 279 cm³/mol. The van der Waals surface area contributed by atoms with Crippen LogP contribution in [0.25, 0.3) is 0 Å². The van der Waals surface area contributed by atoms with Crippen LogP contribution in [0.2, 0.25) is 0 Å². The van der Waals surface area contributed by atoms with Crippen LogP contribution in [0.15, 0.2) is 72.9 Å². The molecule has 64 heavy (non-hydrogen) atoms. The molecule has 0 aliphatic carbocycles. The third-order valence-electron chi connectivity index (χ3n) is 11.7. The highest BCUT2D eigenvalue weighted by molar-refractivity contribution is 5.70. The maximum absolute atomic E-state index is 12.8. The standard InChI is InChI=1S/C59H104O5/c1-4-7-10-13-16-19-22-25-27-29-30-31-32-35-37-40-43-46-49-52-58(60)63-56-57(64-59(61)53-50-47-44-41-38-34-24-21-18-15-12-9-6-3)55-62-54-51-48-45-42-39-36-33-28-26-23-20-17-14-11-8-5-2/h8,11,16-17,19-20,25-28,30-31,57H,4-7,9-10,12-15,18,21-24,29,32-56H2,1-3H3/b11-8-,19-16-,20-17-,27-25-,28-26-,31-30-. The fourth-order valence-electron chi connectivity index (χ4n) is 7.65. The van der Waals surface area contributed by atoms with Gasteiger partial charge in [0.25, 0.3) is 0 Å². The van der Waals surface area contributed by atoms with Crippen molar-refractivity contribution in [1.82, 2.24) is 0 Å². The van der Waals surface area contributed by atoms with Crippen LogP contribution in [0.1, 0.15) is 265 Å². The van der Waals surface area contributed by atoms with Gasteiger partial charge in [0.15, 0.2) is 6.10 Å². The number of carbonyl (C=O) groups excluding carboxylic acids is 2. The molecule has 0 aromatic rings. The summed E-state index contributed by atoms with van der Waals surface area (Å²) in [6, 6.07) is 0. The summed E-state index contributed by atoms with van der Waals surface area (Å²) in [5.74, 6) is -0.412. The number of hydrogen-bond donors (Lipinski definition) is 0. The van der Waals surface area contributed by atoms with Crippen molar-refractivity contribution in [2.45, 2.75) is 271 Å². The van der Waals surface area contributed by atoms with E-state index >= 15 is 0 Å². The van der Waals surface area contributed by atoms with E-state index in [1.54, 1.807) is 0 Å². The van der Waals surface area contributed by atoms with Gasteiger partial charge in [-0.2, -0.15) is 0 Å². The molecule has 0 saturated carbocycles. The van der Waals surface area contributed by atoms with Gasteiger partial charge in [-0.15, -0.1) is 0 Å². The summed E-state index contributed by atoms with van der Waals surface area (Å²) in [7, 11) is 0. The molecule has 0 saturated heterocycles. The first-order valence-corrected chi connectivity index (χ1v) is 27.5. The number of unbranched alkanes of at least 4 members (excludes halogenated alkanes) is 27. The van der Waals surface area contributed by atoms with Crippen molar-refractivity contribution < 1.29 is 23.8 Å². The van der Waals surface area contributed by atoms with Crippen LogP contribution in [0.3, 0.4) is 0 Å². The van der Waals surface area contributed by atoms with Crippen molar-refractivity contribution in [2.24, 2.45) is 0 Å². The van der Waals surface area contributed by atoms with Crippen molar-refractivity contribution in [3.8, 4) is 0 Å². The monoisotopic (exact) mass is 893 g/mol. The zero-order chi connectivity index (χ0) is 46.3. The number of allylic oxidation sites excluding steroid dienone is 12. The molecule has 5 nitrogen and oxygen atoms in total. The summed E-state index contributed by atoms with van der Waals surface area (Å²) in [6.45, 7) is 7.67. The van der Waals surface area contributed by atoms with E-state index in [4.69, 9.17) is 14.2 Å². The lowest BCUT2D eigenvalue weighted by Gasteiger charge is -2.18. The molecule has 0 fully saturated rings. The minimum Gasteiger partial charge on any atom is -0.462 e. The lowest BCUT2D eigenvalue weighted by Crippen LogP contribution is -2.30. The maximum atomic E-state index is 12.8. The normalized spacial score (nSPS) is 12.7. The Hall–Kier alpha value is -2.66. The fourth-order valence-corrected chi connectivity index (χ4v) is 7.65. The molecule has 0 heterocycles. The van der Waals surface area contributed by atoms with Gasteiger partial charge in [0, 0.05) is 19.4 Å². The molecule has 0 aromatic heterocycles. The quantitative estimate of drug-likeness (QED) is 0.0346. The van der Waals surface area contributed by atoms with E-state index in [1.165, 1.54) is 141 Å². The topological polar surface area (TPSA) is 61.8 Å². The Morgan fingerprint density at radius 2 is 0.703 bits per heavy atom. The SMILES string of the molecule is CC/C=C\C/C=C\C/C=C\CCCCCCCCOCC(COC(=O)CCCCCCCC/C=C\C/C=C\C/C=C\CCCCC)OC(=O)CCCCCCCCCCCCCCC. The van der Waals surface area contributed by atoms with E-state index in [1.807, 2.05) is 0 Å². The van der Waals surface area contributed by atoms with E-state index in [-0.39, 0.29) is 25.2 Å². The van der Waals surface area contributed by atoms with E-state index in [0.29, 0.717) is 19.4 Å². The van der Waals surface area contributed by atoms with E-state index in [2.05, 4.69) is 93.7 Å². The fraction of sp³-hybridized carbons (Fsp3) is 0.763. The molecule has 0 aliphatic heterocycles. The van der Waals surface area contributed by atoms with Crippen molar-refractivity contribution in [2.75, 3.05) is 19.8 Å². The van der Waals surface area contributed by atoms with Gasteiger partial charge in [-0.05, 0) is 89.9 Å². The molecule has 0 radical (unpaired) electrons. The third-order valence-corrected chi connectivity index (χ3v) is 11.7. The van der Waals surface area contributed by atoms with Crippen LogP contribution in [0.4, 0.5) is 0 Å². The zero-order valence-corrected chi connectivity index (χ0v) is 42.5. The smallest absolute Gasteiger partial charge is 0.306 e. The molecule has 5 heteroatoms. The number of hydrogen-bond acceptors (Lipinski definition) is 5. The highest BCUT2D eigenvalue weighted by Crippen LogP contribution is 2.15. The highest BCUT2D eigenvalue weighted by atomic mass is 16.6. The largest absolute Gasteiger partial charge is 0.462 e. The van der Waals surface area contributed by atoms with Gasteiger partial charge < -0.3 is 14.2 Å². The number of carbonyl (C=O) groups is 2. The van der Waals surface area contributed by atoms with Crippen LogP contribution in [-0.2, 0) is 23.8 Å². The Bertz CT molecular complexity index is 1150. The molecule has 0 aromatic carbocycles. The Balaban J connectivity index is 4.29. The second-order valence-electron chi connectivity index (χ2n) is 18.1. The minimum absolute atomic E-state index is 0.0731. The molecule has 1 atom stereocenters. The second-order valence-corrected chi connectivity index (χ2v) is 18.1. The molecule has 0 spiro atoms. The lowest BCUT2D eigenvalue weighted by atomic mass is 10.0. The first kappa shape index (κ1) is 61.3. The Labute approximate surface area is 397 Å². The van der Waals surface area contributed by atoms with Crippen LogP contribution >= 0.6 is 0 Å². The second kappa shape index (κ2) is 54.7. The molecule has 0 aliphatic rings. The summed E-state index contributed by atoms with van der Waals surface area (Å²) < 4.78 is 17.4. The molecular formula is C59H104O5. The zero-order valence-electron chi connectivity index (χ0n) is 42.5. The Morgan fingerprint density at radius 3 is 1.16 bits per heavy atom. The third kappa shape index (κ3) is 52.0. The van der Waals surface area contributed by atoms with E-state index < -0.39 is 6.10 Å². The van der Waals surface area contributed by atoms with Crippen LogP contribution in [-0.4, -0.2) is 37.9 Å². The minimum atomic E-state index is -0.549. The van der Waals surface area contributed by atoms with Crippen LogP contribution in [0, 0.1) is 0 Å². The van der Waals surface area contributed by atoms with Crippen molar-refractivity contribution in [3.63, 3.8) is 0 Å². The summed E-state index contributed by atoms with van der Waals surface area (Å²) in [5, 5.41) is 0.